The molecule has 0 aliphatic carbocycles. The minimum absolute atomic E-state index is 0.0398. The molecule has 3 heterocycles. The van der Waals surface area contributed by atoms with Crippen LogP contribution in [0.5, 0.6) is 5.88 Å². The Balaban J connectivity index is 1.58. The first-order valence-electron chi connectivity index (χ1n) is 9.79. The quantitative estimate of drug-likeness (QED) is 0.499. The third kappa shape index (κ3) is 4.98. The monoisotopic (exact) mass is 485 g/mol. The van der Waals surface area contributed by atoms with Crippen molar-refractivity contribution in [1.29, 1.82) is 0 Å². The number of halogens is 4. The van der Waals surface area contributed by atoms with Gasteiger partial charge in [0, 0.05) is 44.2 Å². The first kappa shape index (κ1) is 23.1. The molecule has 1 aliphatic rings. The summed E-state index contributed by atoms with van der Waals surface area (Å²) in [6, 6.07) is 6.32. The van der Waals surface area contributed by atoms with E-state index in [0.717, 1.165) is 6.33 Å². The van der Waals surface area contributed by atoms with Crippen LogP contribution in [-0.4, -0.2) is 51.9 Å². The molecule has 0 spiro atoms. The Labute approximate surface area is 186 Å². The molecule has 1 fully saturated rings. The number of aromatic nitrogens is 4. The summed E-state index contributed by atoms with van der Waals surface area (Å²) in [5.41, 5.74) is -0.462. The lowest BCUT2D eigenvalue weighted by molar-refractivity contribution is -0.141. The fourth-order valence-electron chi connectivity index (χ4n) is 3.70. The predicted octanol–water partition coefficient (Wildman–Crippen LogP) is 2.85. The largest absolute Gasteiger partial charge is 0.477 e. The van der Waals surface area contributed by atoms with Crippen molar-refractivity contribution in [1.82, 2.24) is 23.8 Å². The van der Waals surface area contributed by atoms with E-state index in [1.54, 1.807) is 19.2 Å². The van der Waals surface area contributed by atoms with Crippen LogP contribution in [0, 0.1) is 11.7 Å². The fourth-order valence-corrected chi connectivity index (χ4v) is 5.19. The van der Waals surface area contributed by atoms with Crippen molar-refractivity contribution in [3.05, 3.63) is 66.3 Å². The highest BCUT2D eigenvalue weighted by atomic mass is 32.2. The van der Waals surface area contributed by atoms with Gasteiger partial charge < -0.3 is 9.30 Å². The summed E-state index contributed by atoms with van der Waals surface area (Å²) in [6.45, 7) is 0.0128. The van der Waals surface area contributed by atoms with Gasteiger partial charge in [0.25, 0.3) is 10.0 Å². The zero-order chi connectivity index (χ0) is 23.8. The third-order valence-electron chi connectivity index (χ3n) is 5.37. The standard InChI is InChI=1S/C20H19F4N5O3S/c1-28-9-19(27-12-28)33(30,31)29-7-14(16(8-29)13-2-4-15(21)5-3-13)10-32-18-6-17(20(22,23)24)25-11-26-18/h2-6,9,11-12,14,16H,7-8,10H2,1H3/t14-,16-/m0/s1. The van der Waals surface area contributed by atoms with Crippen molar-refractivity contribution in [2.24, 2.45) is 13.0 Å². The van der Waals surface area contributed by atoms with E-state index >= 15 is 0 Å². The van der Waals surface area contributed by atoms with E-state index in [2.05, 4.69) is 15.0 Å². The van der Waals surface area contributed by atoms with Crippen LogP contribution < -0.4 is 4.74 Å². The Hall–Kier alpha value is -3.06. The zero-order valence-corrected chi connectivity index (χ0v) is 18.1. The minimum Gasteiger partial charge on any atom is -0.477 e. The predicted molar refractivity (Wildman–Crippen MR) is 107 cm³/mol. The van der Waals surface area contributed by atoms with Crippen LogP contribution in [0.25, 0.3) is 0 Å². The molecule has 0 N–H and O–H groups in total. The van der Waals surface area contributed by atoms with E-state index in [4.69, 9.17) is 4.74 Å². The van der Waals surface area contributed by atoms with Crippen molar-refractivity contribution in [2.75, 3.05) is 19.7 Å². The van der Waals surface area contributed by atoms with Crippen molar-refractivity contribution in [3.8, 4) is 5.88 Å². The lowest BCUT2D eigenvalue weighted by Crippen LogP contribution is -2.30. The molecule has 0 radical (unpaired) electrons. The molecule has 2 atom stereocenters. The van der Waals surface area contributed by atoms with Crippen LogP contribution in [0.1, 0.15) is 17.2 Å². The van der Waals surface area contributed by atoms with Gasteiger partial charge in [-0.05, 0) is 17.7 Å². The molecule has 176 valence electrons. The molecular formula is C20H19F4N5O3S. The number of rotatable bonds is 6. The molecule has 0 bridgehead atoms. The van der Waals surface area contributed by atoms with Crippen LogP contribution in [-0.2, 0) is 23.2 Å². The Morgan fingerprint density at radius 2 is 1.85 bits per heavy atom. The smallest absolute Gasteiger partial charge is 0.433 e. The molecule has 0 saturated carbocycles. The van der Waals surface area contributed by atoms with Gasteiger partial charge >= 0.3 is 6.18 Å². The van der Waals surface area contributed by atoms with E-state index in [9.17, 15) is 26.0 Å². The lowest BCUT2D eigenvalue weighted by atomic mass is 9.89. The minimum atomic E-state index is -4.65. The number of ether oxygens (including phenoxy) is 1. The summed E-state index contributed by atoms with van der Waals surface area (Å²) >= 11 is 0. The number of alkyl halides is 3. The van der Waals surface area contributed by atoms with Gasteiger partial charge in [0.1, 0.15) is 12.1 Å². The number of nitrogens with zero attached hydrogens (tertiary/aromatic N) is 5. The van der Waals surface area contributed by atoms with Crippen molar-refractivity contribution in [2.45, 2.75) is 17.1 Å². The Bertz CT molecular complexity index is 1230. The van der Waals surface area contributed by atoms with Gasteiger partial charge in [-0.15, -0.1) is 0 Å². The number of sulfonamides is 1. The molecule has 0 amide bonds. The second kappa shape index (κ2) is 8.71. The number of hydrogen-bond acceptors (Lipinski definition) is 6. The van der Waals surface area contributed by atoms with E-state index in [1.165, 1.54) is 33.5 Å². The summed E-state index contributed by atoms with van der Waals surface area (Å²) in [6.07, 6.45) is -1.15. The van der Waals surface area contributed by atoms with E-state index in [1.807, 2.05) is 0 Å². The van der Waals surface area contributed by atoms with Crippen molar-refractivity contribution >= 4 is 10.0 Å². The van der Waals surface area contributed by atoms with Crippen molar-refractivity contribution < 1.29 is 30.7 Å². The summed E-state index contributed by atoms with van der Waals surface area (Å²) in [5.74, 6) is -1.53. The van der Waals surface area contributed by atoms with Crippen LogP contribution in [0.15, 0.2) is 54.2 Å². The van der Waals surface area contributed by atoms with Gasteiger partial charge in [-0.25, -0.2) is 27.8 Å². The molecule has 0 unspecified atom stereocenters. The molecule has 1 aliphatic heterocycles. The molecule has 1 saturated heterocycles. The zero-order valence-electron chi connectivity index (χ0n) is 17.3. The van der Waals surface area contributed by atoms with E-state index in [0.29, 0.717) is 11.6 Å². The maximum Gasteiger partial charge on any atom is 0.433 e. The summed E-state index contributed by atoms with van der Waals surface area (Å²) in [5, 5.41) is -0.116. The second-order valence-corrected chi connectivity index (χ2v) is 9.55. The second-order valence-electron chi connectivity index (χ2n) is 7.67. The molecule has 3 aromatic rings. The van der Waals surface area contributed by atoms with E-state index < -0.39 is 33.6 Å². The highest BCUT2D eigenvalue weighted by Crippen LogP contribution is 2.36. The Kier molecular flexibility index (Phi) is 6.10. The lowest BCUT2D eigenvalue weighted by Gasteiger charge is -2.19. The maximum absolute atomic E-state index is 13.4. The van der Waals surface area contributed by atoms with Gasteiger partial charge in [-0.3, -0.25) is 0 Å². The van der Waals surface area contributed by atoms with Gasteiger partial charge in [-0.2, -0.15) is 17.5 Å². The van der Waals surface area contributed by atoms with Gasteiger partial charge in [0.2, 0.25) is 5.88 Å². The highest BCUT2D eigenvalue weighted by molar-refractivity contribution is 7.89. The molecule has 13 heteroatoms. The Morgan fingerprint density at radius 1 is 1.12 bits per heavy atom. The summed E-state index contributed by atoms with van der Waals surface area (Å²) < 4.78 is 86.5. The number of imidazole rings is 1. The summed E-state index contributed by atoms with van der Waals surface area (Å²) in [7, 11) is -2.27. The van der Waals surface area contributed by atoms with Gasteiger partial charge in [-0.1, -0.05) is 12.1 Å². The molecule has 8 nitrogen and oxygen atoms in total. The Morgan fingerprint density at radius 3 is 2.48 bits per heavy atom. The SMILES string of the molecule is Cn1cnc(S(=O)(=O)N2C[C@@H](COc3cc(C(F)(F)F)ncn3)[C@H](c3ccc(F)cc3)C2)c1. The maximum atomic E-state index is 13.4. The van der Waals surface area contributed by atoms with Crippen LogP contribution in [0.2, 0.25) is 0 Å². The van der Waals surface area contributed by atoms with E-state index in [-0.39, 0.29) is 36.5 Å². The first-order chi connectivity index (χ1) is 15.5. The normalized spacial score (nSPS) is 19.7. The molecule has 1 aromatic carbocycles. The van der Waals surface area contributed by atoms with Crippen LogP contribution >= 0.6 is 0 Å². The molecular weight excluding hydrogens is 466 g/mol. The van der Waals surface area contributed by atoms with Crippen LogP contribution in [0.4, 0.5) is 17.6 Å². The van der Waals surface area contributed by atoms with Crippen molar-refractivity contribution in [3.63, 3.8) is 0 Å². The highest BCUT2D eigenvalue weighted by Gasteiger charge is 2.41. The molecule has 2 aromatic heterocycles. The number of aryl methyl sites for hydroxylation is 1. The third-order valence-corrected chi connectivity index (χ3v) is 7.09. The average molecular weight is 485 g/mol. The van der Waals surface area contributed by atoms with Gasteiger partial charge in [0.15, 0.2) is 10.7 Å². The average Bonchev–Trinajstić information content (AvgIpc) is 3.40. The number of benzene rings is 1. The topological polar surface area (TPSA) is 90.2 Å². The van der Waals surface area contributed by atoms with Gasteiger partial charge in [0.05, 0.1) is 12.9 Å². The number of hydrogen-bond donors (Lipinski definition) is 0. The fraction of sp³-hybridized carbons (Fsp3) is 0.350. The molecule has 4 rings (SSSR count). The molecule has 33 heavy (non-hydrogen) atoms. The summed E-state index contributed by atoms with van der Waals surface area (Å²) in [4.78, 5) is 10.8. The first-order valence-corrected chi connectivity index (χ1v) is 11.2. The van der Waals surface area contributed by atoms with Crippen LogP contribution in [0.3, 0.4) is 0 Å².